The number of amides is 2. The molecule has 31 heavy (non-hydrogen) atoms. The van der Waals surface area contributed by atoms with Crippen LogP contribution in [-0.4, -0.2) is 29.2 Å². The number of carbonyl (C=O) groups excluding carboxylic acids is 1. The van der Waals surface area contributed by atoms with Crippen molar-refractivity contribution >= 4 is 6.03 Å². The first-order chi connectivity index (χ1) is 15.2. The van der Waals surface area contributed by atoms with E-state index in [0.29, 0.717) is 13.1 Å². The molecule has 3 aromatic rings. The van der Waals surface area contributed by atoms with Gasteiger partial charge in [-0.3, -0.25) is 10.3 Å². The van der Waals surface area contributed by atoms with Gasteiger partial charge in [-0.15, -0.1) is 0 Å². The molecule has 3 aromatic carbocycles. The minimum atomic E-state index is -0.444. The lowest BCUT2D eigenvalue weighted by molar-refractivity contribution is -0.152. The summed E-state index contributed by atoms with van der Waals surface area (Å²) in [5, 5.41) is 3.28. The summed E-state index contributed by atoms with van der Waals surface area (Å²) in [6.07, 6.45) is 0. The molecule has 0 fully saturated rings. The largest absolute Gasteiger partial charge is 0.457 e. The van der Waals surface area contributed by atoms with Crippen molar-refractivity contribution in [3.05, 3.63) is 95.6 Å². The number of urea groups is 1. The minimum absolute atomic E-state index is 0.272. The SMILES string of the molecule is CCN(CC)NC(=O)N(OCc1ccccc1)C1c2ccccc2Oc2ccccc21. The first-order valence-electron chi connectivity index (χ1n) is 10.6. The molecule has 0 radical (unpaired) electrons. The highest BCUT2D eigenvalue weighted by atomic mass is 16.7. The number of ether oxygens (including phenoxy) is 1. The van der Waals surface area contributed by atoms with Crippen LogP contribution in [0.25, 0.3) is 0 Å². The molecule has 6 heteroatoms. The van der Waals surface area contributed by atoms with Crippen molar-refractivity contribution in [2.45, 2.75) is 26.5 Å². The molecule has 0 saturated heterocycles. The van der Waals surface area contributed by atoms with Crippen molar-refractivity contribution in [3.63, 3.8) is 0 Å². The van der Waals surface area contributed by atoms with E-state index in [1.54, 1.807) is 0 Å². The predicted octanol–water partition coefficient (Wildman–Crippen LogP) is 5.28. The average molecular weight is 418 g/mol. The second-order valence-corrected chi connectivity index (χ2v) is 7.25. The molecule has 1 heterocycles. The second-order valence-electron chi connectivity index (χ2n) is 7.25. The zero-order valence-corrected chi connectivity index (χ0v) is 17.8. The zero-order chi connectivity index (χ0) is 21.6. The first kappa shape index (κ1) is 20.9. The van der Waals surface area contributed by atoms with Gasteiger partial charge in [-0.1, -0.05) is 80.6 Å². The van der Waals surface area contributed by atoms with Crippen molar-refractivity contribution in [2.24, 2.45) is 0 Å². The number of para-hydroxylation sites is 2. The van der Waals surface area contributed by atoms with Crippen LogP contribution in [0, 0.1) is 0 Å². The van der Waals surface area contributed by atoms with Crippen LogP contribution in [0.3, 0.4) is 0 Å². The van der Waals surface area contributed by atoms with Gasteiger partial charge >= 0.3 is 6.03 Å². The molecule has 160 valence electrons. The van der Waals surface area contributed by atoms with Gasteiger partial charge in [0, 0.05) is 24.2 Å². The Morgan fingerprint density at radius 1 is 0.871 bits per heavy atom. The standard InChI is InChI=1S/C25H27N3O3/c1-3-27(4-2)26-25(29)28(30-18-19-12-6-5-7-13-19)24-20-14-8-10-16-22(20)31-23-17-11-9-15-21(23)24/h5-17,24H,3-4,18H2,1-2H3,(H,26,29). The van der Waals surface area contributed by atoms with Gasteiger partial charge in [0.1, 0.15) is 24.1 Å². The molecule has 2 amide bonds. The number of hydrazine groups is 1. The maximum atomic E-state index is 13.4. The summed E-state index contributed by atoms with van der Waals surface area (Å²) in [4.78, 5) is 19.6. The predicted molar refractivity (Wildman–Crippen MR) is 119 cm³/mol. The second kappa shape index (κ2) is 9.64. The van der Waals surface area contributed by atoms with E-state index >= 15 is 0 Å². The molecule has 1 aliphatic rings. The normalized spacial score (nSPS) is 12.6. The average Bonchev–Trinajstić information content (AvgIpc) is 2.82. The fourth-order valence-electron chi connectivity index (χ4n) is 3.67. The number of rotatable bonds is 7. The summed E-state index contributed by atoms with van der Waals surface area (Å²) in [5.41, 5.74) is 5.71. The van der Waals surface area contributed by atoms with Crippen molar-refractivity contribution < 1.29 is 14.4 Å². The molecule has 0 unspecified atom stereocenters. The molecule has 0 atom stereocenters. The lowest BCUT2D eigenvalue weighted by Crippen LogP contribution is -2.50. The highest BCUT2D eigenvalue weighted by molar-refractivity contribution is 5.74. The maximum Gasteiger partial charge on any atom is 0.356 e. The van der Waals surface area contributed by atoms with E-state index in [1.807, 2.05) is 97.7 Å². The van der Waals surface area contributed by atoms with Crippen LogP contribution < -0.4 is 10.2 Å². The minimum Gasteiger partial charge on any atom is -0.457 e. The quantitative estimate of drug-likeness (QED) is 0.531. The van der Waals surface area contributed by atoms with Crippen LogP contribution >= 0.6 is 0 Å². The van der Waals surface area contributed by atoms with Crippen LogP contribution in [0.1, 0.15) is 36.6 Å². The van der Waals surface area contributed by atoms with E-state index in [-0.39, 0.29) is 12.6 Å². The first-order valence-corrected chi connectivity index (χ1v) is 10.6. The molecule has 0 bridgehead atoms. The Morgan fingerprint density at radius 2 is 1.42 bits per heavy atom. The lowest BCUT2D eigenvalue weighted by atomic mass is 9.94. The van der Waals surface area contributed by atoms with Gasteiger partial charge in [-0.2, -0.15) is 5.06 Å². The van der Waals surface area contributed by atoms with E-state index in [9.17, 15) is 4.79 Å². The smallest absolute Gasteiger partial charge is 0.356 e. The third-order valence-corrected chi connectivity index (χ3v) is 5.31. The molecular weight excluding hydrogens is 390 g/mol. The Labute approximate surface area is 182 Å². The molecule has 1 aliphatic heterocycles. The van der Waals surface area contributed by atoms with Crippen molar-refractivity contribution in [2.75, 3.05) is 13.1 Å². The topological polar surface area (TPSA) is 54.0 Å². The third kappa shape index (κ3) is 4.55. The van der Waals surface area contributed by atoms with Crippen LogP contribution in [-0.2, 0) is 11.4 Å². The number of nitrogens with one attached hydrogen (secondary N) is 1. The fraction of sp³-hybridized carbons (Fsp3) is 0.240. The number of benzene rings is 3. The molecule has 4 rings (SSSR count). The van der Waals surface area contributed by atoms with E-state index in [0.717, 1.165) is 28.2 Å². The van der Waals surface area contributed by atoms with Gasteiger partial charge in [0.15, 0.2) is 0 Å². The van der Waals surface area contributed by atoms with E-state index in [4.69, 9.17) is 9.57 Å². The van der Waals surface area contributed by atoms with Crippen LogP contribution in [0.4, 0.5) is 4.79 Å². The molecule has 1 N–H and O–H groups in total. The number of hydrogen-bond acceptors (Lipinski definition) is 4. The Hall–Kier alpha value is -3.35. The number of nitrogens with zero attached hydrogens (tertiary/aromatic N) is 2. The van der Waals surface area contributed by atoms with Crippen LogP contribution in [0.15, 0.2) is 78.9 Å². The lowest BCUT2D eigenvalue weighted by Gasteiger charge is -2.36. The third-order valence-electron chi connectivity index (χ3n) is 5.31. The Bertz CT molecular complexity index is 976. The number of hydrogen-bond donors (Lipinski definition) is 1. The summed E-state index contributed by atoms with van der Waals surface area (Å²) in [5.74, 6) is 1.44. The van der Waals surface area contributed by atoms with Gasteiger partial charge in [0.2, 0.25) is 0 Å². The van der Waals surface area contributed by atoms with Gasteiger partial charge in [0.05, 0.1) is 0 Å². The fourth-order valence-corrected chi connectivity index (χ4v) is 3.67. The Balaban J connectivity index is 1.72. The molecule has 0 spiro atoms. The monoisotopic (exact) mass is 417 g/mol. The van der Waals surface area contributed by atoms with E-state index in [2.05, 4.69) is 5.43 Å². The summed E-state index contributed by atoms with van der Waals surface area (Å²) < 4.78 is 6.10. The molecular formula is C25H27N3O3. The number of carbonyl (C=O) groups is 1. The number of hydroxylamine groups is 2. The number of fused-ring (bicyclic) bond motifs is 2. The molecule has 0 aromatic heterocycles. The molecule has 0 saturated carbocycles. The van der Waals surface area contributed by atoms with Crippen molar-refractivity contribution in [3.8, 4) is 11.5 Å². The molecule has 6 nitrogen and oxygen atoms in total. The van der Waals surface area contributed by atoms with Crippen LogP contribution in [0.2, 0.25) is 0 Å². The van der Waals surface area contributed by atoms with Gasteiger partial charge in [-0.25, -0.2) is 9.80 Å². The summed E-state index contributed by atoms with van der Waals surface area (Å²) in [6, 6.07) is 24.6. The summed E-state index contributed by atoms with van der Waals surface area (Å²) >= 11 is 0. The van der Waals surface area contributed by atoms with Gasteiger partial charge in [-0.05, 0) is 17.7 Å². The highest BCUT2D eigenvalue weighted by Crippen LogP contribution is 2.45. The van der Waals surface area contributed by atoms with E-state index in [1.165, 1.54) is 5.06 Å². The Kier molecular flexibility index (Phi) is 6.50. The maximum absolute atomic E-state index is 13.4. The summed E-state index contributed by atoms with van der Waals surface area (Å²) in [7, 11) is 0. The highest BCUT2D eigenvalue weighted by Gasteiger charge is 2.36. The van der Waals surface area contributed by atoms with E-state index < -0.39 is 6.04 Å². The van der Waals surface area contributed by atoms with Crippen molar-refractivity contribution in [1.82, 2.24) is 15.5 Å². The summed E-state index contributed by atoms with van der Waals surface area (Å²) in [6.45, 7) is 5.65. The van der Waals surface area contributed by atoms with Crippen molar-refractivity contribution in [1.29, 1.82) is 0 Å². The Morgan fingerprint density at radius 3 is 2.00 bits per heavy atom. The van der Waals surface area contributed by atoms with Gasteiger partial charge in [0.25, 0.3) is 0 Å². The van der Waals surface area contributed by atoms with Gasteiger partial charge < -0.3 is 4.74 Å². The zero-order valence-electron chi connectivity index (χ0n) is 17.8. The van der Waals surface area contributed by atoms with Crippen LogP contribution in [0.5, 0.6) is 11.5 Å². The molecule has 0 aliphatic carbocycles.